The van der Waals surface area contributed by atoms with E-state index in [0.29, 0.717) is 12.6 Å². The molecule has 0 radical (unpaired) electrons. The van der Waals surface area contributed by atoms with Gasteiger partial charge in [0.1, 0.15) is 5.60 Å². The van der Waals surface area contributed by atoms with Crippen LogP contribution in [0, 0.1) is 0 Å². The van der Waals surface area contributed by atoms with Gasteiger partial charge in [0.25, 0.3) is 0 Å². The fraction of sp³-hybridized carbons (Fsp3) is 0.933. The molecule has 1 atom stereocenters. The van der Waals surface area contributed by atoms with Gasteiger partial charge in [0.15, 0.2) is 0 Å². The lowest BCUT2D eigenvalue weighted by atomic mass is 10.1. The molecular weight excluding hydrogens is 240 g/mol. The van der Waals surface area contributed by atoms with Crippen LogP contribution in [0.15, 0.2) is 0 Å². The molecule has 0 aromatic heterocycles. The zero-order valence-electron chi connectivity index (χ0n) is 13.6. The zero-order valence-corrected chi connectivity index (χ0v) is 13.6. The number of nitrogens with zero attached hydrogens (tertiary/aromatic N) is 1. The molecule has 0 aromatic carbocycles. The molecule has 0 saturated heterocycles. The Hall–Kier alpha value is -0.610. The Morgan fingerprint density at radius 1 is 1.26 bits per heavy atom. The second-order valence-electron chi connectivity index (χ2n) is 6.04. The first kappa shape index (κ1) is 18.4. The van der Waals surface area contributed by atoms with Crippen molar-refractivity contribution < 1.29 is 9.53 Å². The Labute approximate surface area is 118 Å². The van der Waals surface area contributed by atoms with Gasteiger partial charge in [-0.25, -0.2) is 0 Å². The van der Waals surface area contributed by atoms with Gasteiger partial charge < -0.3 is 15.0 Å². The van der Waals surface area contributed by atoms with Crippen LogP contribution in [0.25, 0.3) is 0 Å². The summed E-state index contributed by atoms with van der Waals surface area (Å²) in [6.07, 6.45) is 2.24. The zero-order chi connectivity index (χ0) is 14.9. The van der Waals surface area contributed by atoms with E-state index in [1.54, 1.807) is 0 Å². The van der Waals surface area contributed by atoms with Gasteiger partial charge in [0.05, 0.1) is 6.54 Å². The third-order valence-corrected chi connectivity index (χ3v) is 3.02. The van der Waals surface area contributed by atoms with E-state index in [9.17, 15) is 4.79 Å². The van der Waals surface area contributed by atoms with Crippen molar-refractivity contribution in [3.63, 3.8) is 0 Å². The molecule has 19 heavy (non-hydrogen) atoms. The summed E-state index contributed by atoms with van der Waals surface area (Å²) in [5.74, 6) is -0.178. The van der Waals surface area contributed by atoms with E-state index in [1.165, 1.54) is 0 Å². The number of carbonyl (C=O) groups is 1. The van der Waals surface area contributed by atoms with Gasteiger partial charge in [-0.2, -0.15) is 0 Å². The monoisotopic (exact) mass is 272 g/mol. The molecule has 0 spiro atoms. The van der Waals surface area contributed by atoms with Crippen molar-refractivity contribution in [2.45, 2.75) is 66.0 Å². The lowest BCUT2D eigenvalue weighted by molar-refractivity contribution is -0.153. The molecule has 114 valence electrons. The van der Waals surface area contributed by atoms with Crippen LogP contribution in [0.3, 0.4) is 0 Å². The van der Waals surface area contributed by atoms with Crippen LogP contribution in [-0.4, -0.2) is 48.7 Å². The largest absolute Gasteiger partial charge is 0.459 e. The highest BCUT2D eigenvalue weighted by Crippen LogP contribution is 2.06. The van der Waals surface area contributed by atoms with E-state index in [2.05, 4.69) is 31.0 Å². The molecule has 0 heterocycles. The first-order chi connectivity index (χ1) is 8.78. The van der Waals surface area contributed by atoms with E-state index in [0.717, 1.165) is 32.5 Å². The van der Waals surface area contributed by atoms with Crippen molar-refractivity contribution >= 4 is 5.97 Å². The molecule has 4 heteroatoms. The minimum atomic E-state index is -0.398. The number of hydrogen-bond donors (Lipinski definition) is 1. The lowest BCUT2D eigenvalue weighted by Crippen LogP contribution is -2.36. The highest BCUT2D eigenvalue weighted by molar-refractivity contribution is 5.72. The average molecular weight is 272 g/mol. The molecule has 0 rings (SSSR count). The summed E-state index contributed by atoms with van der Waals surface area (Å²) < 4.78 is 5.26. The minimum absolute atomic E-state index is 0.178. The summed E-state index contributed by atoms with van der Waals surface area (Å²) in [4.78, 5) is 14.0. The topological polar surface area (TPSA) is 41.6 Å². The molecule has 0 aliphatic rings. The minimum Gasteiger partial charge on any atom is -0.459 e. The van der Waals surface area contributed by atoms with Gasteiger partial charge in [0.2, 0.25) is 0 Å². The van der Waals surface area contributed by atoms with Crippen molar-refractivity contribution in [2.24, 2.45) is 0 Å². The smallest absolute Gasteiger partial charge is 0.320 e. The SMILES string of the molecule is CCN(CC)CCCC(C)NCC(=O)OC(C)(C)C. The maximum absolute atomic E-state index is 11.5. The molecule has 0 fully saturated rings. The summed E-state index contributed by atoms with van der Waals surface area (Å²) >= 11 is 0. The van der Waals surface area contributed by atoms with Crippen molar-refractivity contribution in [1.29, 1.82) is 0 Å². The number of rotatable bonds is 9. The molecule has 0 bridgehead atoms. The molecule has 0 saturated carbocycles. The highest BCUT2D eigenvalue weighted by Gasteiger charge is 2.16. The lowest BCUT2D eigenvalue weighted by Gasteiger charge is -2.21. The fourth-order valence-corrected chi connectivity index (χ4v) is 1.90. The van der Waals surface area contributed by atoms with E-state index in [1.807, 2.05) is 20.8 Å². The van der Waals surface area contributed by atoms with Gasteiger partial charge in [0, 0.05) is 6.04 Å². The number of esters is 1. The van der Waals surface area contributed by atoms with Gasteiger partial charge in [-0.15, -0.1) is 0 Å². The van der Waals surface area contributed by atoms with Gasteiger partial charge in [-0.05, 0) is 60.2 Å². The second kappa shape index (κ2) is 9.32. The number of ether oxygens (including phenoxy) is 1. The fourth-order valence-electron chi connectivity index (χ4n) is 1.90. The van der Waals surface area contributed by atoms with Gasteiger partial charge >= 0.3 is 5.97 Å². The van der Waals surface area contributed by atoms with E-state index in [4.69, 9.17) is 4.74 Å². The first-order valence-corrected chi connectivity index (χ1v) is 7.46. The molecule has 0 amide bonds. The second-order valence-corrected chi connectivity index (χ2v) is 6.04. The first-order valence-electron chi connectivity index (χ1n) is 7.46. The Balaban J connectivity index is 3.70. The predicted molar refractivity (Wildman–Crippen MR) is 80.3 cm³/mol. The Bertz CT molecular complexity index is 245. The Morgan fingerprint density at radius 3 is 2.32 bits per heavy atom. The summed E-state index contributed by atoms with van der Waals surface area (Å²) in [6.45, 7) is 15.8. The third-order valence-electron chi connectivity index (χ3n) is 3.02. The van der Waals surface area contributed by atoms with Crippen molar-refractivity contribution in [2.75, 3.05) is 26.2 Å². The van der Waals surface area contributed by atoms with Gasteiger partial charge in [-0.1, -0.05) is 13.8 Å². The number of carbonyl (C=O) groups excluding carboxylic acids is 1. The van der Waals surface area contributed by atoms with Crippen LogP contribution in [-0.2, 0) is 9.53 Å². The van der Waals surface area contributed by atoms with Crippen molar-refractivity contribution in [1.82, 2.24) is 10.2 Å². The summed E-state index contributed by atoms with van der Waals surface area (Å²) in [6, 6.07) is 0.350. The van der Waals surface area contributed by atoms with E-state index < -0.39 is 5.60 Å². The van der Waals surface area contributed by atoms with Crippen LogP contribution < -0.4 is 5.32 Å². The van der Waals surface area contributed by atoms with Crippen LogP contribution in [0.5, 0.6) is 0 Å². The standard InChI is InChI=1S/C15H32N2O2/c1-7-17(8-2)11-9-10-13(3)16-12-14(18)19-15(4,5)6/h13,16H,7-12H2,1-6H3. The summed E-state index contributed by atoms with van der Waals surface area (Å²) in [7, 11) is 0. The molecule has 0 aromatic rings. The maximum Gasteiger partial charge on any atom is 0.320 e. The van der Waals surface area contributed by atoms with E-state index in [-0.39, 0.29) is 5.97 Å². The van der Waals surface area contributed by atoms with Crippen molar-refractivity contribution in [3.8, 4) is 0 Å². The maximum atomic E-state index is 11.5. The van der Waals surface area contributed by atoms with Crippen molar-refractivity contribution in [3.05, 3.63) is 0 Å². The van der Waals surface area contributed by atoms with Crippen LogP contribution in [0.4, 0.5) is 0 Å². The predicted octanol–water partition coefficient (Wildman–Crippen LogP) is 2.43. The normalized spacial score (nSPS) is 13.6. The molecule has 4 nitrogen and oxygen atoms in total. The van der Waals surface area contributed by atoms with Crippen LogP contribution in [0.2, 0.25) is 0 Å². The van der Waals surface area contributed by atoms with Crippen LogP contribution in [0.1, 0.15) is 54.4 Å². The summed E-state index contributed by atoms with van der Waals surface area (Å²) in [5, 5.41) is 3.22. The number of hydrogen-bond acceptors (Lipinski definition) is 4. The highest BCUT2D eigenvalue weighted by atomic mass is 16.6. The molecule has 1 N–H and O–H groups in total. The third kappa shape index (κ3) is 11.0. The van der Waals surface area contributed by atoms with E-state index >= 15 is 0 Å². The average Bonchev–Trinajstić information content (AvgIpc) is 2.30. The molecule has 0 aliphatic carbocycles. The molecule has 1 unspecified atom stereocenters. The van der Waals surface area contributed by atoms with Gasteiger partial charge in [-0.3, -0.25) is 4.79 Å². The summed E-state index contributed by atoms with van der Waals surface area (Å²) in [5.41, 5.74) is -0.398. The number of nitrogens with one attached hydrogen (secondary N) is 1. The Kier molecular flexibility index (Phi) is 9.02. The van der Waals surface area contributed by atoms with Crippen LogP contribution >= 0.6 is 0 Å². The Morgan fingerprint density at radius 2 is 1.84 bits per heavy atom. The molecular formula is C15H32N2O2. The molecule has 0 aliphatic heterocycles. The quantitative estimate of drug-likeness (QED) is 0.655.